The van der Waals surface area contributed by atoms with Crippen LogP contribution in [0.25, 0.3) is 16.9 Å². The first-order valence-electron chi connectivity index (χ1n) is 7.17. The van der Waals surface area contributed by atoms with Gasteiger partial charge in [-0.15, -0.1) is 0 Å². The number of halogens is 4. The van der Waals surface area contributed by atoms with Gasteiger partial charge < -0.3 is 0 Å². The second-order valence-electron chi connectivity index (χ2n) is 5.43. The monoisotopic (exact) mass is 402 g/mol. The lowest BCUT2D eigenvalue weighted by Crippen LogP contribution is -2.35. The molecule has 0 radical (unpaired) electrons. The summed E-state index contributed by atoms with van der Waals surface area (Å²) in [5.41, 5.74) is 0.0878. The van der Waals surface area contributed by atoms with Crippen LogP contribution in [0.4, 0.5) is 13.2 Å². The molecule has 3 aromatic rings. The molecule has 3 N–H and O–H groups in total. The van der Waals surface area contributed by atoms with E-state index in [1.165, 1.54) is 28.9 Å². The van der Waals surface area contributed by atoms with Crippen LogP contribution in [0.1, 0.15) is 5.69 Å². The number of rotatable bonds is 3. The standard InChI is InChI=1S/C16H11ClF3N3O2S/c17-11-3-1-10(2-4-11)14-9-15(16(18,19)20)22-23(14)12-5-7-13(8-6-12)26(21,24)25/h1-9H,(H2,21,24,25)/p+1. The van der Waals surface area contributed by atoms with Crippen LogP contribution in [0.2, 0.25) is 5.02 Å². The second-order valence-corrected chi connectivity index (χ2v) is 7.43. The summed E-state index contributed by atoms with van der Waals surface area (Å²) < 4.78 is 63.3. The molecule has 0 aliphatic carbocycles. The molecule has 0 atom stereocenters. The number of aromatic amines is 1. The Morgan fingerprint density at radius 3 is 2.08 bits per heavy atom. The van der Waals surface area contributed by atoms with Gasteiger partial charge in [-0.25, -0.2) is 13.6 Å². The summed E-state index contributed by atoms with van der Waals surface area (Å²) in [6.45, 7) is 0. The molecule has 0 amide bonds. The summed E-state index contributed by atoms with van der Waals surface area (Å²) in [6.07, 6.45) is -4.58. The number of primary sulfonamides is 1. The van der Waals surface area contributed by atoms with E-state index in [0.717, 1.165) is 6.07 Å². The van der Waals surface area contributed by atoms with Crippen LogP contribution in [0.3, 0.4) is 0 Å². The molecular formula is C16H12ClF3N3O2S+. The number of benzene rings is 2. The zero-order chi connectivity index (χ0) is 19.1. The highest BCUT2D eigenvalue weighted by atomic mass is 35.5. The van der Waals surface area contributed by atoms with E-state index in [0.29, 0.717) is 16.3 Å². The maximum absolute atomic E-state index is 13.1. The van der Waals surface area contributed by atoms with Gasteiger partial charge in [-0.2, -0.15) is 18.3 Å². The van der Waals surface area contributed by atoms with E-state index in [1.54, 1.807) is 24.3 Å². The van der Waals surface area contributed by atoms with Crippen molar-refractivity contribution in [2.75, 3.05) is 0 Å². The van der Waals surface area contributed by atoms with Gasteiger partial charge in [0.2, 0.25) is 21.4 Å². The largest absolute Gasteiger partial charge is 0.436 e. The summed E-state index contributed by atoms with van der Waals surface area (Å²) in [7, 11) is -3.90. The van der Waals surface area contributed by atoms with E-state index in [9.17, 15) is 21.6 Å². The Morgan fingerprint density at radius 2 is 1.58 bits per heavy atom. The van der Waals surface area contributed by atoms with Crippen LogP contribution in [-0.2, 0) is 16.2 Å². The zero-order valence-electron chi connectivity index (χ0n) is 13.0. The van der Waals surface area contributed by atoms with Gasteiger partial charge in [-0.3, -0.25) is 0 Å². The van der Waals surface area contributed by atoms with Crippen molar-refractivity contribution in [1.82, 2.24) is 5.10 Å². The maximum atomic E-state index is 13.1. The first-order valence-corrected chi connectivity index (χ1v) is 9.09. The van der Waals surface area contributed by atoms with Crippen LogP contribution < -0.4 is 9.82 Å². The Kier molecular flexibility index (Phi) is 4.55. The van der Waals surface area contributed by atoms with Crippen LogP contribution >= 0.6 is 11.6 Å². The van der Waals surface area contributed by atoms with Gasteiger partial charge in [0.05, 0.1) is 4.90 Å². The molecule has 0 aliphatic rings. The summed E-state index contributed by atoms with van der Waals surface area (Å²) in [4.78, 5) is -0.141. The Morgan fingerprint density at radius 1 is 1.00 bits per heavy atom. The van der Waals surface area contributed by atoms with Gasteiger partial charge in [0.15, 0.2) is 5.69 Å². The van der Waals surface area contributed by atoms with Gasteiger partial charge in [0, 0.05) is 28.8 Å². The summed E-state index contributed by atoms with van der Waals surface area (Å²) in [6, 6.07) is 12.4. The molecule has 0 unspecified atom stereocenters. The van der Waals surface area contributed by atoms with E-state index in [-0.39, 0.29) is 10.6 Å². The van der Waals surface area contributed by atoms with Crippen LogP contribution in [0, 0.1) is 0 Å². The van der Waals surface area contributed by atoms with Gasteiger partial charge in [0.1, 0.15) is 0 Å². The third kappa shape index (κ3) is 3.74. The fraction of sp³-hybridized carbons (Fsp3) is 0.0625. The number of hydrogen-bond donors (Lipinski definition) is 2. The van der Waals surface area contributed by atoms with Crippen LogP contribution in [0.5, 0.6) is 0 Å². The predicted octanol–water partition coefficient (Wildman–Crippen LogP) is 3.28. The summed E-state index contributed by atoms with van der Waals surface area (Å²) >= 11 is 5.83. The molecule has 136 valence electrons. The maximum Gasteiger partial charge on any atom is 0.436 e. The highest BCUT2D eigenvalue weighted by Gasteiger charge is 2.38. The molecule has 0 saturated heterocycles. The van der Waals surface area contributed by atoms with E-state index >= 15 is 0 Å². The van der Waals surface area contributed by atoms with Gasteiger partial charge in [-0.1, -0.05) is 16.3 Å². The van der Waals surface area contributed by atoms with Crippen molar-refractivity contribution < 1.29 is 26.3 Å². The molecule has 5 nitrogen and oxygen atoms in total. The fourth-order valence-corrected chi connectivity index (χ4v) is 3.02. The lowest BCUT2D eigenvalue weighted by atomic mass is 10.1. The zero-order valence-corrected chi connectivity index (χ0v) is 14.5. The van der Waals surface area contributed by atoms with Crippen LogP contribution in [0.15, 0.2) is 59.5 Å². The van der Waals surface area contributed by atoms with E-state index in [2.05, 4.69) is 5.10 Å². The number of nitrogens with zero attached hydrogens (tertiary/aromatic N) is 1. The molecule has 10 heteroatoms. The van der Waals surface area contributed by atoms with Crippen molar-refractivity contribution in [1.29, 1.82) is 0 Å². The minimum Gasteiger partial charge on any atom is -0.225 e. The molecule has 1 heterocycles. The lowest BCUT2D eigenvalue weighted by molar-refractivity contribution is -0.646. The topological polar surface area (TPSA) is 79.8 Å². The number of H-pyrrole nitrogens is 1. The second kappa shape index (κ2) is 6.42. The highest BCUT2D eigenvalue weighted by Crippen LogP contribution is 2.30. The summed E-state index contributed by atoms with van der Waals surface area (Å²) in [5.74, 6) is 0. The van der Waals surface area contributed by atoms with Crippen molar-refractivity contribution >= 4 is 21.6 Å². The molecule has 0 saturated carbocycles. The highest BCUT2D eigenvalue weighted by molar-refractivity contribution is 7.89. The van der Waals surface area contributed by atoms with Crippen molar-refractivity contribution in [3.05, 3.63) is 65.3 Å². The smallest absolute Gasteiger partial charge is 0.225 e. The van der Waals surface area contributed by atoms with E-state index in [1.807, 2.05) is 0 Å². The Bertz CT molecular complexity index is 1040. The number of nitrogens with one attached hydrogen (secondary N) is 1. The average molecular weight is 403 g/mol. The number of alkyl halides is 3. The minimum atomic E-state index is -4.58. The Labute approximate surface area is 151 Å². The van der Waals surface area contributed by atoms with E-state index < -0.39 is 21.9 Å². The van der Waals surface area contributed by atoms with Gasteiger partial charge in [0.25, 0.3) is 0 Å². The minimum absolute atomic E-state index is 0.141. The quantitative estimate of drug-likeness (QED) is 0.659. The number of nitrogens with two attached hydrogens (primary N) is 1. The first-order chi connectivity index (χ1) is 12.1. The third-order valence-electron chi connectivity index (χ3n) is 3.62. The molecule has 0 bridgehead atoms. The fourth-order valence-electron chi connectivity index (χ4n) is 2.38. The molecule has 0 spiro atoms. The Balaban J connectivity index is 2.16. The van der Waals surface area contributed by atoms with Crippen molar-refractivity contribution in [2.24, 2.45) is 5.14 Å². The SMILES string of the molecule is NS(=O)(=O)c1ccc(-[n+]2[nH]c(C(F)(F)F)cc2-c2ccc(Cl)cc2)cc1. The van der Waals surface area contributed by atoms with Crippen molar-refractivity contribution in [3.63, 3.8) is 0 Å². The molecule has 26 heavy (non-hydrogen) atoms. The third-order valence-corrected chi connectivity index (χ3v) is 4.80. The van der Waals surface area contributed by atoms with E-state index in [4.69, 9.17) is 16.7 Å². The summed E-state index contributed by atoms with van der Waals surface area (Å²) in [5, 5.41) is 7.77. The normalized spacial score (nSPS) is 12.3. The number of hydrogen-bond acceptors (Lipinski definition) is 2. The molecule has 0 fully saturated rings. The van der Waals surface area contributed by atoms with Gasteiger partial charge in [-0.05, 0) is 36.4 Å². The molecular weight excluding hydrogens is 391 g/mol. The van der Waals surface area contributed by atoms with Crippen molar-refractivity contribution in [3.8, 4) is 16.9 Å². The first kappa shape index (κ1) is 18.4. The predicted molar refractivity (Wildman–Crippen MR) is 89.1 cm³/mol. The van der Waals surface area contributed by atoms with Crippen LogP contribution in [-0.4, -0.2) is 13.5 Å². The number of aromatic nitrogens is 2. The van der Waals surface area contributed by atoms with Crippen molar-refractivity contribution in [2.45, 2.75) is 11.1 Å². The number of sulfonamides is 1. The Hall–Kier alpha value is -2.36. The molecule has 2 aromatic carbocycles. The molecule has 1 aromatic heterocycles. The van der Waals surface area contributed by atoms with Gasteiger partial charge >= 0.3 is 6.18 Å². The molecule has 3 rings (SSSR count). The average Bonchev–Trinajstić information content (AvgIpc) is 3.00. The lowest BCUT2D eigenvalue weighted by Gasteiger charge is -2.01. The molecule has 0 aliphatic heterocycles.